The van der Waals surface area contributed by atoms with E-state index in [0.717, 1.165) is 45.1 Å². The van der Waals surface area contributed by atoms with Gasteiger partial charge in [0.1, 0.15) is 10.9 Å². The third kappa shape index (κ3) is 4.11. The highest BCUT2D eigenvalue weighted by Crippen LogP contribution is 2.29. The Morgan fingerprint density at radius 3 is 2.64 bits per heavy atom. The van der Waals surface area contributed by atoms with Crippen LogP contribution in [0, 0.1) is 6.92 Å². The Labute approximate surface area is 151 Å². The van der Waals surface area contributed by atoms with Crippen molar-refractivity contribution in [3.05, 3.63) is 54.3 Å². The fourth-order valence-corrected chi connectivity index (χ4v) is 3.32. The van der Waals surface area contributed by atoms with Crippen molar-refractivity contribution in [2.45, 2.75) is 43.9 Å². The first-order chi connectivity index (χ1) is 12.1. The number of allylic oxidation sites excluding steroid dienone is 1. The number of aromatic nitrogens is 6. The molecule has 0 N–H and O–H groups in total. The molecular weight excluding hydrogens is 332 g/mol. The fourth-order valence-electron chi connectivity index (χ4n) is 2.42. The Kier molecular flexibility index (Phi) is 5.23. The summed E-state index contributed by atoms with van der Waals surface area (Å²) in [6.45, 7) is 10.7. The molecule has 7 heteroatoms. The molecule has 0 saturated heterocycles. The van der Waals surface area contributed by atoms with Crippen molar-refractivity contribution in [1.29, 1.82) is 0 Å². The smallest absolute Gasteiger partial charge is 0.198 e. The number of nitrogens with zero attached hydrogens (tertiary/aromatic N) is 6. The zero-order valence-electron chi connectivity index (χ0n) is 14.6. The molecule has 0 unspecified atom stereocenters. The van der Waals surface area contributed by atoms with Gasteiger partial charge in [0.15, 0.2) is 11.0 Å². The Morgan fingerprint density at radius 2 is 1.96 bits per heavy atom. The van der Waals surface area contributed by atoms with E-state index < -0.39 is 0 Å². The second-order valence-corrected chi connectivity index (χ2v) is 6.77. The van der Waals surface area contributed by atoms with Crippen LogP contribution >= 0.6 is 11.8 Å². The van der Waals surface area contributed by atoms with Crippen LogP contribution in [0.3, 0.4) is 0 Å². The Bertz CT molecular complexity index is 888. The van der Waals surface area contributed by atoms with E-state index in [0.29, 0.717) is 6.54 Å². The molecule has 3 aromatic heterocycles. The fraction of sp³-hybridized carbons (Fsp3) is 0.278. The third-order valence-electron chi connectivity index (χ3n) is 3.51. The molecule has 0 bridgehead atoms. The first-order valence-corrected chi connectivity index (χ1v) is 8.89. The molecule has 3 aromatic rings. The zero-order valence-corrected chi connectivity index (χ0v) is 15.4. The van der Waals surface area contributed by atoms with Crippen molar-refractivity contribution < 1.29 is 0 Å². The molecule has 3 rings (SSSR count). The summed E-state index contributed by atoms with van der Waals surface area (Å²) in [7, 11) is 0. The first-order valence-electron chi connectivity index (χ1n) is 8.07. The first kappa shape index (κ1) is 17.3. The van der Waals surface area contributed by atoms with E-state index in [2.05, 4.69) is 43.2 Å². The quantitative estimate of drug-likeness (QED) is 0.497. The summed E-state index contributed by atoms with van der Waals surface area (Å²) >= 11 is 1.50. The zero-order chi connectivity index (χ0) is 17.8. The van der Waals surface area contributed by atoms with Crippen LogP contribution in [0.2, 0.25) is 0 Å². The molecule has 25 heavy (non-hydrogen) atoms. The van der Waals surface area contributed by atoms with Crippen LogP contribution in [0.25, 0.3) is 11.4 Å². The molecule has 0 aliphatic heterocycles. The van der Waals surface area contributed by atoms with E-state index in [9.17, 15) is 0 Å². The van der Waals surface area contributed by atoms with Gasteiger partial charge in [-0.2, -0.15) is 0 Å². The van der Waals surface area contributed by atoms with E-state index in [1.165, 1.54) is 11.8 Å². The maximum absolute atomic E-state index is 4.52. The molecule has 128 valence electrons. The van der Waals surface area contributed by atoms with E-state index in [1.54, 1.807) is 12.4 Å². The van der Waals surface area contributed by atoms with Crippen LogP contribution in [-0.2, 0) is 13.0 Å². The average molecular weight is 352 g/mol. The number of rotatable bonds is 6. The van der Waals surface area contributed by atoms with Gasteiger partial charge in [0, 0.05) is 30.2 Å². The topological polar surface area (TPSA) is 69.4 Å². The van der Waals surface area contributed by atoms with Crippen LogP contribution in [0.4, 0.5) is 0 Å². The molecule has 0 radical (unpaired) electrons. The van der Waals surface area contributed by atoms with Gasteiger partial charge in [0.2, 0.25) is 0 Å². The van der Waals surface area contributed by atoms with E-state index >= 15 is 0 Å². The molecule has 0 aliphatic rings. The predicted molar refractivity (Wildman–Crippen MR) is 98.3 cm³/mol. The molecule has 3 heterocycles. The summed E-state index contributed by atoms with van der Waals surface area (Å²) in [5.74, 6) is 1.57. The lowest BCUT2D eigenvalue weighted by atomic mass is 10.2. The lowest BCUT2D eigenvalue weighted by Gasteiger charge is -2.10. The predicted octanol–water partition coefficient (Wildman–Crippen LogP) is 3.73. The van der Waals surface area contributed by atoms with Gasteiger partial charge in [-0.05, 0) is 50.2 Å². The summed E-state index contributed by atoms with van der Waals surface area (Å²) < 4.78 is 2.06. The van der Waals surface area contributed by atoms with E-state index in [-0.39, 0.29) is 0 Å². The van der Waals surface area contributed by atoms with Crippen LogP contribution in [0.1, 0.15) is 25.4 Å². The van der Waals surface area contributed by atoms with Crippen LogP contribution in [-0.4, -0.2) is 29.7 Å². The van der Waals surface area contributed by atoms with Crippen molar-refractivity contribution in [1.82, 2.24) is 29.7 Å². The summed E-state index contributed by atoms with van der Waals surface area (Å²) in [4.78, 5) is 13.0. The van der Waals surface area contributed by atoms with Crippen LogP contribution in [0.15, 0.2) is 52.9 Å². The van der Waals surface area contributed by atoms with Gasteiger partial charge in [-0.3, -0.25) is 9.55 Å². The Hall–Kier alpha value is -2.54. The molecule has 0 atom stereocenters. The van der Waals surface area contributed by atoms with Gasteiger partial charge in [0.25, 0.3) is 0 Å². The van der Waals surface area contributed by atoms with Crippen molar-refractivity contribution in [3.8, 4) is 11.4 Å². The molecule has 0 spiro atoms. The number of aryl methyl sites for hydroxylation is 2. The molecule has 0 aromatic carbocycles. The SMILES string of the molecule is C=C(C)Cn1c(Sc2cc(CC)nc(C)n2)nnc1-c1ccncc1. The van der Waals surface area contributed by atoms with Gasteiger partial charge >= 0.3 is 0 Å². The van der Waals surface area contributed by atoms with Crippen molar-refractivity contribution in [3.63, 3.8) is 0 Å². The lowest BCUT2D eigenvalue weighted by Crippen LogP contribution is -2.04. The normalized spacial score (nSPS) is 10.8. The average Bonchev–Trinajstić information content (AvgIpc) is 2.97. The monoisotopic (exact) mass is 352 g/mol. The molecular formula is C18H20N6S. The summed E-state index contributed by atoms with van der Waals surface area (Å²) in [5.41, 5.74) is 3.03. The highest BCUT2D eigenvalue weighted by atomic mass is 32.2. The third-order valence-corrected chi connectivity index (χ3v) is 4.41. The van der Waals surface area contributed by atoms with Crippen LogP contribution < -0.4 is 0 Å². The summed E-state index contributed by atoms with van der Waals surface area (Å²) in [6, 6.07) is 5.86. The van der Waals surface area contributed by atoms with Crippen molar-refractivity contribution in [2.24, 2.45) is 0 Å². The second kappa shape index (κ2) is 7.57. The maximum Gasteiger partial charge on any atom is 0.198 e. The van der Waals surface area contributed by atoms with Crippen molar-refractivity contribution in [2.75, 3.05) is 0 Å². The second-order valence-electron chi connectivity index (χ2n) is 5.79. The number of hydrogen-bond donors (Lipinski definition) is 0. The van der Waals surface area contributed by atoms with Gasteiger partial charge in [-0.1, -0.05) is 19.1 Å². The van der Waals surface area contributed by atoms with E-state index in [4.69, 9.17) is 0 Å². The minimum atomic E-state index is 0.650. The largest absolute Gasteiger partial charge is 0.298 e. The highest BCUT2D eigenvalue weighted by molar-refractivity contribution is 7.99. The molecule has 0 amide bonds. The number of hydrogen-bond acceptors (Lipinski definition) is 6. The molecule has 0 aliphatic carbocycles. The van der Waals surface area contributed by atoms with Crippen LogP contribution in [0.5, 0.6) is 0 Å². The standard InChI is InChI=1S/C18H20N6S/c1-5-15-10-16(21-13(4)20-15)25-18-23-22-17(24(18)11-12(2)3)14-6-8-19-9-7-14/h6-10H,2,5,11H2,1,3-4H3. The molecule has 6 nitrogen and oxygen atoms in total. The minimum Gasteiger partial charge on any atom is -0.298 e. The van der Waals surface area contributed by atoms with Gasteiger partial charge in [-0.25, -0.2) is 9.97 Å². The number of pyridine rings is 1. The molecule has 0 fully saturated rings. The minimum absolute atomic E-state index is 0.650. The Balaban J connectivity index is 2.00. The summed E-state index contributed by atoms with van der Waals surface area (Å²) in [6.07, 6.45) is 4.38. The summed E-state index contributed by atoms with van der Waals surface area (Å²) in [5, 5.41) is 10.4. The van der Waals surface area contributed by atoms with Crippen molar-refractivity contribution >= 4 is 11.8 Å². The van der Waals surface area contributed by atoms with Gasteiger partial charge < -0.3 is 0 Å². The molecule has 0 saturated carbocycles. The lowest BCUT2D eigenvalue weighted by molar-refractivity contribution is 0.705. The Morgan fingerprint density at radius 1 is 1.20 bits per heavy atom. The maximum atomic E-state index is 4.52. The van der Waals surface area contributed by atoms with E-state index in [1.807, 2.05) is 32.0 Å². The van der Waals surface area contributed by atoms with Gasteiger partial charge in [-0.15, -0.1) is 10.2 Å². The highest BCUT2D eigenvalue weighted by Gasteiger charge is 2.16. The van der Waals surface area contributed by atoms with Gasteiger partial charge in [0.05, 0.1) is 0 Å².